The number of imidazole rings is 1. The molecule has 3 aromatic rings. The maximum absolute atomic E-state index is 12.6. The second-order valence-electron chi connectivity index (χ2n) is 6.42. The van der Waals surface area contributed by atoms with Gasteiger partial charge >= 0.3 is 0 Å². The Hall–Kier alpha value is -3.36. The van der Waals surface area contributed by atoms with Crippen molar-refractivity contribution in [3.05, 3.63) is 54.4 Å². The second-order valence-corrected chi connectivity index (χ2v) is 6.42. The van der Waals surface area contributed by atoms with E-state index in [0.29, 0.717) is 37.7 Å². The summed E-state index contributed by atoms with van der Waals surface area (Å²) in [4.78, 5) is 38.0. The van der Waals surface area contributed by atoms with Gasteiger partial charge in [-0.05, 0) is 13.8 Å². The molecule has 0 bridgehead atoms. The van der Waals surface area contributed by atoms with E-state index in [1.807, 2.05) is 30.7 Å². The average molecular weight is 364 g/mol. The number of piperazine rings is 1. The third-order valence-corrected chi connectivity index (χ3v) is 4.47. The fourth-order valence-electron chi connectivity index (χ4n) is 3.03. The zero-order valence-electron chi connectivity index (χ0n) is 15.3. The number of nitrogens with zero attached hydrogens (tertiary/aromatic N) is 8. The molecule has 0 saturated carbocycles. The van der Waals surface area contributed by atoms with Gasteiger partial charge in [-0.15, -0.1) is 0 Å². The molecule has 0 N–H and O–H groups in total. The van der Waals surface area contributed by atoms with E-state index in [1.54, 1.807) is 23.6 Å². The number of aromatic nitrogens is 6. The average Bonchev–Trinajstić information content (AvgIpc) is 3.23. The lowest BCUT2D eigenvalue weighted by Crippen LogP contribution is -2.49. The summed E-state index contributed by atoms with van der Waals surface area (Å²) in [6.45, 7) is 6.34. The molecule has 1 saturated heterocycles. The number of rotatable bonds is 3. The first-order chi connectivity index (χ1) is 13.1. The fourth-order valence-corrected chi connectivity index (χ4v) is 3.03. The third-order valence-electron chi connectivity index (χ3n) is 4.47. The van der Waals surface area contributed by atoms with E-state index in [1.165, 1.54) is 6.20 Å². The van der Waals surface area contributed by atoms with Crippen LogP contribution in [0, 0.1) is 13.8 Å². The highest BCUT2D eigenvalue weighted by atomic mass is 16.2. The third kappa shape index (κ3) is 3.62. The minimum atomic E-state index is -0.0832. The molecule has 4 rings (SSSR count). The minimum Gasteiger partial charge on any atom is -0.353 e. The van der Waals surface area contributed by atoms with Gasteiger partial charge in [0, 0.05) is 50.8 Å². The van der Waals surface area contributed by atoms with Crippen LogP contribution < -0.4 is 4.90 Å². The van der Waals surface area contributed by atoms with Gasteiger partial charge in [-0.2, -0.15) is 0 Å². The largest absolute Gasteiger partial charge is 0.353 e. The molecule has 1 amide bonds. The molecule has 0 unspecified atom stereocenters. The summed E-state index contributed by atoms with van der Waals surface area (Å²) in [5.41, 5.74) is 1.18. The Kier molecular flexibility index (Phi) is 4.49. The summed E-state index contributed by atoms with van der Waals surface area (Å²) in [6, 6.07) is 1.94. The van der Waals surface area contributed by atoms with E-state index in [0.717, 1.165) is 17.3 Å². The number of carbonyl (C=O) groups is 1. The monoisotopic (exact) mass is 364 g/mol. The fraction of sp³-hybridized carbons (Fsp3) is 0.333. The molecule has 0 aliphatic carbocycles. The van der Waals surface area contributed by atoms with E-state index in [9.17, 15) is 4.79 Å². The smallest absolute Gasteiger partial charge is 0.274 e. The van der Waals surface area contributed by atoms with Gasteiger partial charge in [-0.1, -0.05) is 0 Å². The summed E-state index contributed by atoms with van der Waals surface area (Å²) >= 11 is 0. The number of aryl methyl sites for hydroxylation is 2. The second kappa shape index (κ2) is 7.10. The molecular formula is C18H20N8O. The van der Waals surface area contributed by atoms with Crippen LogP contribution in [-0.2, 0) is 0 Å². The topological polar surface area (TPSA) is 92.9 Å². The van der Waals surface area contributed by atoms with Gasteiger partial charge in [0.2, 0.25) is 0 Å². The molecule has 138 valence electrons. The summed E-state index contributed by atoms with van der Waals surface area (Å²) in [7, 11) is 0. The van der Waals surface area contributed by atoms with E-state index < -0.39 is 0 Å². The number of carbonyl (C=O) groups excluding carboxylic acids is 1. The Morgan fingerprint density at radius 3 is 2.44 bits per heavy atom. The van der Waals surface area contributed by atoms with Crippen molar-refractivity contribution >= 4 is 11.7 Å². The van der Waals surface area contributed by atoms with Gasteiger partial charge in [0.25, 0.3) is 5.91 Å². The first-order valence-electron chi connectivity index (χ1n) is 8.77. The lowest BCUT2D eigenvalue weighted by atomic mass is 10.2. The van der Waals surface area contributed by atoms with Gasteiger partial charge in [0.15, 0.2) is 0 Å². The molecule has 1 aliphatic heterocycles. The van der Waals surface area contributed by atoms with Crippen molar-refractivity contribution in [1.82, 2.24) is 34.4 Å². The predicted molar refractivity (Wildman–Crippen MR) is 98.8 cm³/mol. The van der Waals surface area contributed by atoms with Crippen molar-refractivity contribution < 1.29 is 4.79 Å². The van der Waals surface area contributed by atoms with Crippen LogP contribution in [0.2, 0.25) is 0 Å². The summed E-state index contributed by atoms with van der Waals surface area (Å²) < 4.78 is 1.86. The van der Waals surface area contributed by atoms with E-state index >= 15 is 0 Å². The van der Waals surface area contributed by atoms with Crippen LogP contribution in [0.25, 0.3) is 5.82 Å². The highest BCUT2D eigenvalue weighted by Gasteiger charge is 2.24. The Labute approximate surface area is 156 Å². The van der Waals surface area contributed by atoms with Gasteiger partial charge in [-0.25, -0.2) is 19.9 Å². The molecule has 1 aliphatic rings. The van der Waals surface area contributed by atoms with Gasteiger partial charge < -0.3 is 9.80 Å². The Bertz CT molecular complexity index is 931. The maximum Gasteiger partial charge on any atom is 0.274 e. The molecule has 9 heteroatoms. The number of hydrogen-bond acceptors (Lipinski definition) is 7. The van der Waals surface area contributed by atoms with Crippen LogP contribution in [0.5, 0.6) is 0 Å². The Morgan fingerprint density at radius 1 is 1.00 bits per heavy atom. The molecule has 0 atom stereocenters. The normalized spacial score (nSPS) is 14.4. The quantitative estimate of drug-likeness (QED) is 0.685. The molecule has 9 nitrogen and oxygen atoms in total. The van der Waals surface area contributed by atoms with Gasteiger partial charge in [0.1, 0.15) is 29.5 Å². The Balaban J connectivity index is 1.46. The van der Waals surface area contributed by atoms with Crippen molar-refractivity contribution in [2.45, 2.75) is 13.8 Å². The molecule has 1 fully saturated rings. The molecular weight excluding hydrogens is 344 g/mol. The van der Waals surface area contributed by atoms with Crippen molar-refractivity contribution in [3.63, 3.8) is 0 Å². The lowest BCUT2D eigenvalue weighted by Gasteiger charge is -2.35. The zero-order valence-corrected chi connectivity index (χ0v) is 15.3. The summed E-state index contributed by atoms with van der Waals surface area (Å²) in [5, 5.41) is 0. The minimum absolute atomic E-state index is 0.0832. The predicted octanol–water partition coefficient (Wildman–Crippen LogP) is 1.03. The van der Waals surface area contributed by atoms with Gasteiger partial charge in [0.05, 0.1) is 11.9 Å². The zero-order chi connectivity index (χ0) is 18.8. The maximum atomic E-state index is 12.6. The Morgan fingerprint density at radius 2 is 1.78 bits per heavy atom. The SMILES string of the molecule is Cc1cnc(C(=O)N2CCN(c3cc(-n4ccnc4)nc(C)n3)CC2)cn1. The van der Waals surface area contributed by atoms with Crippen molar-refractivity contribution in [2.24, 2.45) is 0 Å². The number of hydrogen-bond donors (Lipinski definition) is 0. The highest BCUT2D eigenvalue weighted by Crippen LogP contribution is 2.18. The standard InChI is InChI=1S/C18H20N8O/c1-13-10-21-15(11-20-13)18(27)25-7-5-24(6-8-25)16-9-17(23-14(2)22-16)26-4-3-19-12-26/h3-4,9-12H,5-8H2,1-2H3. The summed E-state index contributed by atoms with van der Waals surface area (Å²) in [6.07, 6.45) is 8.44. The van der Waals surface area contributed by atoms with Crippen molar-refractivity contribution in [2.75, 3.05) is 31.1 Å². The van der Waals surface area contributed by atoms with Crippen molar-refractivity contribution in [3.8, 4) is 5.82 Å². The molecule has 27 heavy (non-hydrogen) atoms. The van der Waals surface area contributed by atoms with Crippen LogP contribution in [0.15, 0.2) is 37.2 Å². The summed E-state index contributed by atoms with van der Waals surface area (Å²) in [5.74, 6) is 2.25. The first kappa shape index (κ1) is 17.1. The van der Waals surface area contributed by atoms with Crippen LogP contribution in [0.4, 0.5) is 5.82 Å². The molecule has 0 aromatic carbocycles. The van der Waals surface area contributed by atoms with Crippen LogP contribution in [0.3, 0.4) is 0 Å². The number of amides is 1. The van der Waals surface area contributed by atoms with E-state index in [-0.39, 0.29) is 5.91 Å². The van der Waals surface area contributed by atoms with Crippen LogP contribution in [0.1, 0.15) is 22.0 Å². The molecule has 0 spiro atoms. The molecule has 0 radical (unpaired) electrons. The van der Waals surface area contributed by atoms with Crippen LogP contribution in [-0.4, -0.2) is 66.5 Å². The highest BCUT2D eigenvalue weighted by molar-refractivity contribution is 5.92. The first-order valence-corrected chi connectivity index (χ1v) is 8.77. The van der Waals surface area contributed by atoms with Crippen molar-refractivity contribution in [1.29, 1.82) is 0 Å². The molecule has 3 aromatic heterocycles. The number of anilines is 1. The van der Waals surface area contributed by atoms with E-state index in [4.69, 9.17) is 0 Å². The molecule has 4 heterocycles. The lowest BCUT2D eigenvalue weighted by molar-refractivity contribution is 0.0740. The van der Waals surface area contributed by atoms with E-state index in [2.05, 4.69) is 29.8 Å². The van der Waals surface area contributed by atoms with Gasteiger partial charge in [-0.3, -0.25) is 14.3 Å². The van der Waals surface area contributed by atoms with Crippen LogP contribution >= 0.6 is 0 Å².